The number of nitrogens with one attached hydrogen (secondary N) is 1. The van der Waals surface area contributed by atoms with Crippen molar-refractivity contribution in [3.63, 3.8) is 0 Å². The van der Waals surface area contributed by atoms with Crippen molar-refractivity contribution in [1.29, 1.82) is 5.26 Å². The van der Waals surface area contributed by atoms with Gasteiger partial charge in [-0.05, 0) is 0 Å². The molecule has 7 nitrogen and oxygen atoms in total. The number of H-pyrrole nitrogens is 1. The Bertz CT molecular complexity index is 424. The van der Waals surface area contributed by atoms with E-state index in [-0.39, 0.29) is 15.4 Å². The van der Waals surface area contributed by atoms with Crippen molar-refractivity contribution in [3.8, 4) is 6.07 Å². The maximum absolute atomic E-state index is 10.9. The van der Waals surface area contributed by atoms with E-state index in [1.807, 2.05) is 5.10 Å². The number of hydrogen-bond acceptors (Lipinski definition) is 5. The van der Waals surface area contributed by atoms with Crippen molar-refractivity contribution in [3.05, 3.63) is 26.0 Å². The van der Waals surface area contributed by atoms with Crippen LogP contribution in [0.1, 0.15) is 5.56 Å². The second-order valence-corrected chi connectivity index (χ2v) is 2.25. The number of aromatic amines is 1. The van der Waals surface area contributed by atoms with Crippen molar-refractivity contribution >= 4 is 12.6 Å². The molecule has 1 aromatic rings. The molecule has 0 aliphatic rings. The van der Waals surface area contributed by atoms with E-state index in [2.05, 4.69) is 12.6 Å². The Morgan fingerprint density at radius 2 is 2.33 bits per heavy atom. The second-order valence-electron chi connectivity index (χ2n) is 1.80. The van der Waals surface area contributed by atoms with Gasteiger partial charge in [0, 0.05) is 4.79 Å². The Balaban J connectivity index is 3.50. The molecule has 1 rings (SSSR count). The smallest absolute Gasteiger partial charge is 0.339 e. The van der Waals surface area contributed by atoms with Gasteiger partial charge in [-0.25, -0.2) is 0 Å². The number of hydrogen-bond donors (Lipinski definition) is 2. The SMILES string of the molecule is N#Cc1c(S)[nH]n([N+](=O)[O-])c1=O. The van der Waals surface area contributed by atoms with Gasteiger partial charge in [-0.15, -0.1) is 0 Å². The minimum absolute atomic E-state index is 0.0981. The van der Waals surface area contributed by atoms with Crippen LogP contribution < -0.4 is 5.56 Å². The molecule has 0 saturated carbocycles. The van der Waals surface area contributed by atoms with Gasteiger partial charge in [0.15, 0.2) is 10.6 Å². The second kappa shape index (κ2) is 2.71. The lowest BCUT2D eigenvalue weighted by Gasteiger charge is -1.88. The summed E-state index contributed by atoms with van der Waals surface area (Å²) in [5.41, 5.74) is -1.37. The normalized spacial score (nSPS) is 9.33. The summed E-state index contributed by atoms with van der Waals surface area (Å²) < 4.78 is 0. The van der Waals surface area contributed by atoms with E-state index < -0.39 is 10.6 Å². The predicted molar refractivity (Wildman–Crippen MR) is 39.4 cm³/mol. The molecular weight excluding hydrogens is 184 g/mol. The fourth-order valence-electron chi connectivity index (χ4n) is 0.630. The third-order valence-corrected chi connectivity index (χ3v) is 1.45. The van der Waals surface area contributed by atoms with Crippen molar-refractivity contribution in [2.45, 2.75) is 5.03 Å². The Labute approximate surface area is 70.7 Å². The van der Waals surface area contributed by atoms with Crippen LogP contribution in [0.4, 0.5) is 0 Å². The molecule has 1 aromatic heterocycles. The number of thiol groups is 1. The highest BCUT2D eigenvalue weighted by molar-refractivity contribution is 7.80. The quantitative estimate of drug-likeness (QED) is 0.346. The molecule has 0 aromatic carbocycles. The summed E-state index contributed by atoms with van der Waals surface area (Å²) in [6.07, 6.45) is 0. The predicted octanol–water partition coefficient (Wildman–Crippen LogP) is -0.623. The summed E-state index contributed by atoms with van der Waals surface area (Å²) in [5.74, 6) is 0. The van der Waals surface area contributed by atoms with Crippen LogP contribution >= 0.6 is 12.6 Å². The molecule has 0 saturated heterocycles. The van der Waals surface area contributed by atoms with Gasteiger partial charge in [0.05, 0.1) is 5.03 Å². The van der Waals surface area contributed by atoms with E-state index >= 15 is 0 Å². The Kier molecular flexibility index (Phi) is 1.88. The lowest BCUT2D eigenvalue weighted by molar-refractivity contribution is -0.555. The summed E-state index contributed by atoms with van der Waals surface area (Å²) in [6.45, 7) is 0. The molecule has 1 N–H and O–H groups in total. The molecule has 0 radical (unpaired) electrons. The third-order valence-electron chi connectivity index (χ3n) is 1.13. The summed E-state index contributed by atoms with van der Waals surface area (Å²) in [6, 6.07) is 1.49. The average Bonchev–Trinajstić information content (AvgIpc) is 2.27. The van der Waals surface area contributed by atoms with Crippen LogP contribution in [0.3, 0.4) is 0 Å². The van der Waals surface area contributed by atoms with Crippen LogP contribution in [-0.2, 0) is 0 Å². The van der Waals surface area contributed by atoms with Crippen LogP contribution in [0.25, 0.3) is 0 Å². The lowest BCUT2D eigenvalue weighted by Crippen LogP contribution is -2.24. The van der Waals surface area contributed by atoms with Gasteiger partial charge in [-0.2, -0.15) is 10.4 Å². The zero-order chi connectivity index (χ0) is 9.30. The molecule has 0 aliphatic heterocycles. The molecule has 0 spiro atoms. The molecular formula is C4H2N4O3S. The molecule has 12 heavy (non-hydrogen) atoms. The van der Waals surface area contributed by atoms with Gasteiger partial charge < -0.3 is 10.1 Å². The molecule has 0 bridgehead atoms. The van der Waals surface area contributed by atoms with Crippen LogP contribution in [0.5, 0.6) is 0 Å². The maximum atomic E-state index is 10.9. The standard InChI is InChI=1S/C4H2N4O3S/c5-1-2-3(12)6-7(4(2)9)8(10)11/h6,12H. The maximum Gasteiger partial charge on any atom is 0.351 e. The molecule has 0 amide bonds. The first kappa shape index (κ1) is 8.35. The van der Waals surface area contributed by atoms with Crippen molar-refractivity contribution in [2.75, 3.05) is 0 Å². The van der Waals surface area contributed by atoms with E-state index in [0.29, 0.717) is 0 Å². The van der Waals surface area contributed by atoms with Crippen LogP contribution in [0, 0.1) is 21.4 Å². The molecule has 62 valence electrons. The molecule has 0 aliphatic carbocycles. The van der Waals surface area contributed by atoms with Gasteiger partial charge in [0.1, 0.15) is 6.07 Å². The van der Waals surface area contributed by atoms with Crippen molar-refractivity contribution in [2.24, 2.45) is 0 Å². The van der Waals surface area contributed by atoms with Gasteiger partial charge >= 0.3 is 5.56 Å². The van der Waals surface area contributed by atoms with Crippen LogP contribution in [0.2, 0.25) is 0 Å². The van der Waals surface area contributed by atoms with E-state index in [1.54, 1.807) is 0 Å². The average molecular weight is 186 g/mol. The monoisotopic (exact) mass is 186 g/mol. The molecule has 8 heteroatoms. The summed E-state index contributed by atoms with van der Waals surface area (Å²) in [7, 11) is 0. The summed E-state index contributed by atoms with van der Waals surface area (Å²) in [4.78, 5) is 21.1. The van der Waals surface area contributed by atoms with Gasteiger partial charge in [0.25, 0.3) is 0 Å². The van der Waals surface area contributed by atoms with Gasteiger partial charge in [-0.1, -0.05) is 12.6 Å². The number of nitrogens with zero attached hydrogens (tertiary/aromatic N) is 3. The lowest BCUT2D eigenvalue weighted by atomic mass is 10.4. The molecule has 0 atom stereocenters. The Hall–Kier alpha value is -1.75. The van der Waals surface area contributed by atoms with Crippen LogP contribution in [0.15, 0.2) is 9.82 Å². The molecule has 0 unspecified atom stereocenters. The van der Waals surface area contributed by atoms with Crippen LogP contribution in [-0.4, -0.2) is 14.9 Å². The number of nitriles is 1. The van der Waals surface area contributed by atoms with Crippen molar-refractivity contribution in [1.82, 2.24) is 9.89 Å². The van der Waals surface area contributed by atoms with E-state index in [4.69, 9.17) is 5.26 Å². The fraction of sp³-hybridized carbons (Fsp3) is 0. The molecule has 0 fully saturated rings. The fourth-order valence-corrected chi connectivity index (χ4v) is 0.870. The first-order valence-electron chi connectivity index (χ1n) is 2.66. The number of aromatic nitrogens is 2. The van der Waals surface area contributed by atoms with Gasteiger partial charge in [-0.3, -0.25) is 4.79 Å². The minimum atomic E-state index is -1.01. The highest BCUT2D eigenvalue weighted by Gasteiger charge is 2.17. The number of rotatable bonds is 1. The highest BCUT2D eigenvalue weighted by atomic mass is 32.1. The van der Waals surface area contributed by atoms with E-state index in [9.17, 15) is 14.9 Å². The summed E-state index contributed by atoms with van der Waals surface area (Å²) in [5, 5.41) is 19.4. The molecule has 1 heterocycles. The van der Waals surface area contributed by atoms with E-state index in [1.165, 1.54) is 6.07 Å². The van der Waals surface area contributed by atoms with Gasteiger partial charge in [0.2, 0.25) is 0 Å². The van der Waals surface area contributed by atoms with Crippen molar-refractivity contribution < 1.29 is 5.03 Å². The highest BCUT2D eigenvalue weighted by Crippen LogP contribution is 2.03. The number of nitro groups is 1. The zero-order valence-corrected chi connectivity index (χ0v) is 6.41. The zero-order valence-electron chi connectivity index (χ0n) is 5.51. The van der Waals surface area contributed by atoms with E-state index in [0.717, 1.165) is 0 Å². The topological polar surface area (TPSA) is 105 Å². The minimum Gasteiger partial charge on any atom is -0.339 e. The summed E-state index contributed by atoms with van der Waals surface area (Å²) >= 11 is 3.66. The third kappa shape index (κ3) is 1.06. The largest absolute Gasteiger partial charge is 0.351 e. The Morgan fingerprint density at radius 3 is 2.58 bits per heavy atom. The Morgan fingerprint density at radius 1 is 1.75 bits per heavy atom. The first-order chi connectivity index (χ1) is 5.57. The first-order valence-corrected chi connectivity index (χ1v) is 3.11.